The summed E-state index contributed by atoms with van der Waals surface area (Å²) in [5.41, 5.74) is 1.55. The summed E-state index contributed by atoms with van der Waals surface area (Å²) in [5, 5.41) is 3.33. The molecule has 0 aliphatic heterocycles. The highest BCUT2D eigenvalue weighted by Gasteiger charge is 2.35. The van der Waals surface area contributed by atoms with Gasteiger partial charge in [0, 0.05) is 0 Å². The minimum Gasteiger partial charge on any atom is -0.0779 e. The van der Waals surface area contributed by atoms with Gasteiger partial charge in [-0.05, 0) is 18.9 Å². The molecule has 186 valence electrons. The lowest BCUT2D eigenvalue weighted by Gasteiger charge is -2.31. The van der Waals surface area contributed by atoms with E-state index in [0.717, 1.165) is 0 Å². The lowest BCUT2D eigenvalue weighted by atomic mass is 10.0. The van der Waals surface area contributed by atoms with Crippen molar-refractivity contribution in [3.8, 4) is 0 Å². The van der Waals surface area contributed by atoms with Crippen LogP contribution < -0.4 is 5.19 Å². The van der Waals surface area contributed by atoms with Crippen molar-refractivity contribution in [1.82, 2.24) is 0 Å². The lowest BCUT2D eigenvalue weighted by Crippen LogP contribution is -2.47. The maximum atomic E-state index is 2.62. The van der Waals surface area contributed by atoms with Gasteiger partial charge >= 0.3 is 0 Å². The summed E-state index contributed by atoms with van der Waals surface area (Å²) >= 11 is 0. The summed E-state index contributed by atoms with van der Waals surface area (Å²) in [6.45, 7) is 9.61. The summed E-state index contributed by atoms with van der Waals surface area (Å²) < 4.78 is 0. The Morgan fingerprint density at radius 1 is 0.636 bits per heavy atom. The minimum absolute atomic E-state index is 0.612. The molecule has 0 radical (unpaired) electrons. The van der Waals surface area contributed by atoms with Crippen LogP contribution >= 0.6 is 0 Å². The molecule has 2 unspecified atom stereocenters. The van der Waals surface area contributed by atoms with Gasteiger partial charge in [-0.3, -0.25) is 0 Å². The van der Waals surface area contributed by atoms with Gasteiger partial charge in [-0.15, -0.1) is 0 Å². The van der Waals surface area contributed by atoms with Crippen molar-refractivity contribution in [3.63, 3.8) is 0 Å². The van der Waals surface area contributed by atoms with Crippen LogP contribution in [-0.2, 0) is 0 Å². The Labute approximate surface area is 208 Å². The Kier molecular flexibility index (Phi) is 14.1. The Morgan fingerprint density at radius 2 is 1.09 bits per heavy atom. The molecule has 0 bridgehead atoms. The predicted molar refractivity (Wildman–Crippen MR) is 153 cm³/mol. The zero-order valence-electron chi connectivity index (χ0n) is 22.6. The Morgan fingerprint density at radius 3 is 1.52 bits per heavy atom. The van der Waals surface area contributed by atoms with E-state index in [9.17, 15) is 0 Å². The van der Waals surface area contributed by atoms with Crippen LogP contribution in [0.25, 0.3) is 0 Å². The van der Waals surface area contributed by atoms with Crippen molar-refractivity contribution in [3.05, 3.63) is 53.3 Å². The highest BCUT2D eigenvalue weighted by molar-refractivity contribution is 6.97. The highest BCUT2D eigenvalue weighted by atomic mass is 28.3. The average Bonchev–Trinajstić information content (AvgIpc) is 3.17. The van der Waals surface area contributed by atoms with Crippen LogP contribution in [0.1, 0.15) is 124 Å². The first kappa shape index (κ1) is 28.2. The molecule has 0 amide bonds. The Hall–Kier alpha value is -1.08. The standard InChI is InChI=1S/C32H54Si/c1-5-6-7-8-9-10-11-12-13-14-15-16-17-18-19-23-26-33(4,31-24-21-20-22-25-31)32-28-29(2)27-30(32)3/h20-22,24-25,27-29H,5-19,23,26H2,1-4H3. The van der Waals surface area contributed by atoms with Crippen LogP contribution in [0.3, 0.4) is 0 Å². The molecule has 1 aliphatic rings. The maximum absolute atomic E-state index is 2.62. The summed E-state index contributed by atoms with van der Waals surface area (Å²) in [5.74, 6) is 0.612. The molecule has 33 heavy (non-hydrogen) atoms. The van der Waals surface area contributed by atoms with Gasteiger partial charge in [0.2, 0.25) is 0 Å². The van der Waals surface area contributed by atoms with Gasteiger partial charge < -0.3 is 0 Å². The number of rotatable bonds is 19. The fraction of sp³-hybridized carbons (Fsp3) is 0.688. The van der Waals surface area contributed by atoms with Crippen molar-refractivity contribution >= 4 is 13.3 Å². The van der Waals surface area contributed by atoms with E-state index >= 15 is 0 Å². The molecule has 0 saturated carbocycles. The highest BCUT2D eigenvalue weighted by Crippen LogP contribution is 2.34. The third-order valence-electron chi connectivity index (χ3n) is 7.90. The van der Waals surface area contributed by atoms with Gasteiger partial charge in [-0.2, -0.15) is 0 Å². The summed E-state index contributed by atoms with van der Waals surface area (Å²) in [6, 6.07) is 12.9. The molecule has 1 aromatic carbocycles. The number of benzene rings is 1. The molecule has 0 heterocycles. The van der Waals surface area contributed by atoms with E-state index in [1.165, 1.54) is 109 Å². The first-order chi connectivity index (χ1) is 16.1. The molecule has 2 atom stereocenters. The Bertz CT molecular complexity index is 686. The number of unbranched alkanes of at least 4 members (excludes halogenated alkanes) is 15. The molecule has 1 aromatic rings. The average molecular weight is 467 g/mol. The van der Waals surface area contributed by atoms with Crippen LogP contribution in [-0.4, -0.2) is 8.07 Å². The van der Waals surface area contributed by atoms with Gasteiger partial charge in [0.05, 0.1) is 0 Å². The first-order valence-electron chi connectivity index (χ1n) is 14.5. The summed E-state index contributed by atoms with van der Waals surface area (Å²) in [6.07, 6.45) is 28.2. The Balaban J connectivity index is 1.56. The molecular weight excluding hydrogens is 412 g/mol. The van der Waals surface area contributed by atoms with E-state index < -0.39 is 8.07 Å². The number of allylic oxidation sites excluding steroid dienone is 4. The molecule has 0 aromatic heterocycles. The third kappa shape index (κ3) is 10.4. The fourth-order valence-corrected chi connectivity index (χ4v) is 10.2. The van der Waals surface area contributed by atoms with Gasteiger partial charge in [0.25, 0.3) is 0 Å². The molecule has 0 N–H and O–H groups in total. The van der Waals surface area contributed by atoms with E-state index in [2.05, 4.69) is 69.8 Å². The van der Waals surface area contributed by atoms with Crippen molar-refractivity contribution in [1.29, 1.82) is 0 Å². The van der Waals surface area contributed by atoms with Gasteiger partial charge in [0.1, 0.15) is 8.07 Å². The van der Waals surface area contributed by atoms with E-state index in [0.29, 0.717) is 5.92 Å². The number of hydrogen-bond donors (Lipinski definition) is 0. The predicted octanol–water partition coefficient (Wildman–Crippen LogP) is 10.3. The second-order valence-corrected chi connectivity index (χ2v) is 15.3. The zero-order valence-corrected chi connectivity index (χ0v) is 23.6. The van der Waals surface area contributed by atoms with Crippen LogP contribution in [0.15, 0.2) is 53.3 Å². The monoisotopic (exact) mass is 466 g/mol. The van der Waals surface area contributed by atoms with E-state index in [1.54, 1.807) is 16.0 Å². The number of hydrogen-bond acceptors (Lipinski definition) is 0. The first-order valence-corrected chi connectivity index (χ1v) is 17.2. The largest absolute Gasteiger partial charge is 0.115 e. The zero-order chi connectivity index (χ0) is 23.8. The molecule has 1 aliphatic carbocycles. The summed E-state index contributed by atoms with van der Waals surface area (Å²) in [7, 11) is -1.61. The van der Waals surface area contributed by atoms with Crippen molar-refractivity contribution in [2.24, 2.45) is 5.92 Å². The normalized spacial score (nSPS) is 17.6. The SMILES string of the molecule is CCCCCCCCCCCCCCCCCC[Si](C)(C1=CC(C)C=C1C)c1ccccc1. The van der Waals surface area contributed by atoms with Gasteiger partial charge in [0.15, 0.2) is 0 Å². The fourth-order valence-electron chi connectivity index (χ4n) is 5.81. The van der Waals surface area contributed by atoms with Gasteiger partial charge in [-0.25, -0.2) is 0 Å². The molecule has 1 heteroatoms. The topological polar surface area (TPSA) is 0 Å². The van der Waals surface area contributed by atoms with Gasteiger partial charge in [-0.1, -0.05) is 182 Å². The minimum atomic E-state index is -1.61. The quantitative estimate of drug-likeness (QED) is 0.140. The summed E-state index contributed by atoms with van der Waals surface area (Å²) in [4.78, 5) is 0. The van der Waals surface area contributed by atoms with Crippen LogP contribution in [0.2, 0.25) is 12.6 Å². The van der Waals surface area contributed by atoms with Crippen LogP contribution in [0.5, 0.6) is 0 Å². The molecule has 0 saturated heterocycles. The van der Waals surface area contributed by atoms with E-state index in [1.807, 2.05) is 0 Å². The van der Waals surface area contributed by atoms with Crippen LogP contribution in [0.4, 0.5) is 0 Å². The second kappa shape index (κ2) is 16.5. The van der Waals surface area contributed by atoms with E-state index in [-0.39, 0.29) is 0 Å². The smallest absolute Gasteiger partial charge is 0.0779 e. The lowest BCUT2D eigenvalue weighted by molar-refractivity contribution is 0.531. The second-order valence-electron chi connectivity index (χ2n) is 11.0. The van der Waals surface area contributed by atoms with Crippen molar-refractivity contribution in [2.75, 3.05) is 0 Å². The molecule has 0 nitrogen and oxygen atoms in total. The third-order valence-corrected chi connectivity index (χ3v) is 12.6. The molecule has 0 fully saturated rings. The van der Waals surface area contributed by atoms with E-state index in [4.69, 9.17) is 0 Å². The molecule has 0 spiro atoms. The maximum Gasteiger partial charge on any atom is 0.115 e. The van der Waals surface area contributed by atoms with Crippen molar-refractivity contribution < 1.29 is 0 Å². The molecule has 2 rings (SSSR count). The van der Waals surface area contributed by atoms with Crippen molar-refractivity contribution in [2.45, 2.75) is 136 Å². The van der Waals surface area contributed by atoms with Crippen LogP contribution in [0, 0.1) is 5.92 Å². The molecular formula is C32H54Si.